The van der Waals surface area contributed by atoms with E-state index in [0.717, 1.165) is 10.6 Å². The molecule has 1 aliphatic carbocycles. The maximum atomic E-state index is 13.2. The van der Waals surface area contributed by atoms with E-state index >= 15 is 0 Å². The van der Waals surface area contributed by atoms with Crippen LogP contribution in [0.25, 0.3) is 10.1 Å². The monoisotopic (exact) mass is 248 g/mol. The van der Waals surface area contributed by atoms with Crippen LogP contribution in [0.1, 0.15) is 38.0 Å². The first-order valence-electron chi connectivity index (χ1n) is 6.39. The Labute approximate surface area is 105 Å². The predicted octanol–water partition coefficient (Wildman–Crippen LogP) is 5.12. The van der Waals surface area contributed by atoms with Crippen LogP contribution in [0.4, 0.5) is 4.39 Å². The zero-order valence-corrected chi connectivity index (χ0v) is 11.1. The summed E-state index contributed by atoms with van der Waals surface area (Å²) >= 11 is 1.78. The van der Waals surface area contributed by atoms with Crippen molar-refractivity contribution in [1.29, 1.82) is 0 Å². The van der Waals surface area contributed by atoms with Crippen LogP contribution >= 0.6 is 11.3 Å². The van der Waals surface area contributed by atoms with E-state index in [2.05, 4.69) is 19.9 Å². The van der Waals surface area contributed by atoms with Crippen LogP contribution in [-0.2, 0) is 5.41 Å². The standard InChI is InChI=1S/C15H17FS/c1-3-11-9-15(11,4-2)14-7-10-5-6-12(16)8-13(10)17-14/h5-8,11H,3-4,9H2,1-2H3. The summed E-state index contributed by atoms with van der Waals surface area (Å²) in [6.07, 6.45) is 3.78. The molecule has 0 saturated heterocycles. The summed E-state index contributed by atoms with van der Waals surface area (Å²) in [5.74, 6) is 0.713. The van der Waals surface area contributed by atoms with Gasteiger partial charge in [-0.3, -0.25) is 0 Å². The zero-order chi connectivity index (χ0) is 12.0. The highest BCUT2D eigenvalue weighted by Gasteiger charge is 2.53. The Bertz CT molecular complexity index is 557. The molecule has 0 N–H and O–H groups in total. The van der Waals surface area contributed by atoms with E-state index in [1.165, 1.54) is 29.5 Å². The SMILES string of the molecule is CCC1CC1(CC)c1cc2ccc(F)cc2s1. The molecule has 1 aromatic carbocycles. The van der Waals surface area contributed by atoms with E-state index in [1.807, 2.05) is 6.07 Å². The maximum absolute atomic E-state index is 13.2. The molecule has 1 heterocycles. The van der Waals surface area contributed by atoms with Crippen LogP contribution in [-0.4, -0.2) is 0 Å². The van der Waals surface area contributed by atoms with Gasteiger partial charge in [0.2, 0.25) is 0 Å². The highest BCUT2D eigenvalue weighted by atomic mass is 32.1. The molecule has 0 spiro atoms. The fourth-order valence-corrected chi connectivity index (χ4v) is 4.51. The van der Waals surface area contributed by atoms with E-state index in [1.54, 1.807) is 23.5 Å². The molecule has 3 rings (SSSR count). The molecule has 1 aromatic heterocycles. The Morgan fingerprint density at radius 1 is 1.35 bits per heavy atom. The Kier molecular flexibility index (Phi) is 2.51. The van der Waals surface area contributed by atoms with E-state index in [4.69, 9.17) is 0 Å². The second-order valence-electron chi connectivity index (χ2n) is 5.11. The molecule has 0 amide bonds. The van der Waals surface area contributed by atoms with Gasteiger partial charge in [-0.05, 0) is 42.3 Å². The Hall–Kier alpha value is -0.890. The molecular formula is C15H17FS. The second kappa shape index (κ2) is 3.81. The molecule has 1 fully saturated rings. The molecule has 0 aliphatic heterocycles. The molecule has 0 bridgehead atoms. The topological polar surface area (TPSA) is 0 Å². The van der Waals surface area contributed by atoms with Gasteiger partial charge in [0.25, 0.3) is 0 Å². The van der Waals surface area contributed by atoms with Crippen LogP contribution in [0.3, 0.4) is 0 Å². The molecule has 1 aliphatic rings. The fraction of sp³-hybridized carbons (Fsp3) is 0.467. The van der Waals surface area contributed by atoms with Crippen molar-refractivity contribution in [3.05, 3.63) is 35.0 Å². The number of hydrogen-bond acceptors (Lipinski definition) is 1. The summed E-state index contributed by atoms with van der Waals surface area (Å²) in [5.41, 5.74) is 0.412. The largest absolute Gasteiger partial charge is 0.207 e. The third kappa shape index (κ3) is 1.61. The van der Waals surface area contributed by atoms with Crippen LogP contribution in [0.5, 0.6) is 0 Å². The van der Waals surface area contributed by atoms with Gasteiger partial charge >= 0.3 is 0 Å². The fourth-order valence-electron chi connectivity index (χ4n) is 3.08. The van der Waals surface area contributed by atoms with Crippen LogP contribution in [0, 0.1) is 11.7 Å². The Balaban J connectivity index is 2.07. The van der Waals surface area contributed by atoms with Gasteiger partial charge in [0, 0.05) is 15.0 Å². The number of halogens is 1. The zero-order valence-electron chi connectivity index (χ0n) is 10.3. The van der Waals surface area contributed by atoms with Crippen molar-refractivity contribution in [3.8, 4) is 0 Å². The van der Waals surface area contributed by atoms with Crippen molar-refractivity contribution in [2.24, 2.45) is 5.92 Å². The molecule has 2 aromatic rings. The molecule has 2 atom stereocenters. The average molecular weight is 248 g/mol. The van der Waals surface area contributed by atoms with Gasteiger partial charge < -0.3 is 0 Å². The first kappa shape index (κ1) is 11.2. The van der Waals surface area contributed by atoms with E-state index in [-0.39, 0.29) is 5.82 Å². The minimum absolute atomic E-state index is 0.126. The molecule has 2 heteroatoms. The molecule has 1 saturated carbocycles. The molecule has 17 heavy (non-hydrogen) atoms. The predicted molar refractivity (Wildman–Crippen MR) is 72.2 cm³/mol. The second-order valence-corrected chi connectivity index (χ2v) is 6.20. The maximum Gasteiger partial charge on any atom is 0.124 e. The first-order chi connectivity index (χ1) is 8.19. The van der Waals surface area contributed by atoms with Crippen LogP contribution < -0.4 is 0 Å². The quantitative estimate of drug-likeness (QED) is 0.707. The number of thiophene rings is 1. The van der Waals surface area contributed by atoms with Gasteiger partial charge in [-0.2, -0.15) is 0 Å². The lowest BCUT2D eigenvalue weighted by molar-refractivity contribution is 0.581. The first-order valence-corrected chi connectivity index (χ1v) is 7.21. The number of hydrogen-bond donors (Lipinski definition) is 0. The third-order valence-corrected chi connectivity index (χ3v) is 5.65. The summed E-state index contributed by atoms with van der Waals surface area (Å²) in [7, 11) is 0. The summed E-state index contributed by atoms with van der Waals surface area (Å²) in [4.78, 5) is 1.47. The average Bonchev–Trinajstić information content (AvgIpc) is 2.93. The lowest BCUT2D eigenvalue weighted by atomic mass is 9.96. The van der Waals surface area contributed by atoms with Gasteiger partial charge in [0.1, 0.15) is 5.82 Å². The molecular weight excluding hydrogens is 231 g/mol. The molecule has 90 valence electrons. The van der Waals surface area contributed by atoms with Gasteiger partial charge in [-0.25, -0.2) is 4.39 Å². The van der Waals surface area contributed by atoms with Crippen LogP contribution in [0.2, 0.25) is 0 Å². The summed E-state index contributed by atoms with van der Waals surface area (Å²) in [5, 5.41) is 1.20. The summed E-state index contributed by atoms with van der Waals surface area (Å²) < 4.78 is 14.3. The highest BCUT2D eigenvalue weighted by Crippen LogP contribution is 2.60. The smallest absolute Gasteiger partial charge is 0.124 e. The molecule has 0 radical (unpaired) electrons. The third-order valence-electron chi connectivity index (χ3n) is 4.33. The van der Waals surface area contributed by atoms with Crippen LogP contribution in [0.15, 0.2) is 24.3 Å². The van der Waals surface area contributed by atoms with E-state index in [9.17, 15) is 4.39 Å². The van der Waals surface area contributed by atoms with Crippen molar-refractivity contribution in [2.75, 3.05) is 0 Å². The van der Waals surface area contributed by atoms with Crippen molar-refractivity contribution in [2.45, 2.75) is 38.5 Å². The lowest BCUT2D eigenvalue weighted by Crippen LogP contribution is -2.05. The lowest BCUT2D eigenvalue weighted by Gasteiger charge is -2.11. The summed E-state index contributed by atoms with van der Waals surface area (Å²) in [6.45, 7) is 4.55. The number of rotatable bonds is 3. The van der Waals surface area contributed by atoms with Gasteiger partial charge in [-0.1, -0.05) is 26.3 Å². The Morgan fingerprint density at radius 2 is 2.18 bits per heavy atom. The van der Waals surface area contributed by atoms with E-state index < -0.39 is 0 Å². The number of benzene rings is 1. The molecule has 0 nitrogen and oxygen atoms in total. The van der Waals surface area contributed by atoms with Gasteiger partial charge in [-0.15, -0.1) is 11.3 Å². The van der Waals surface area contributed by atoms with Crippen molar-refractivity contribution in [3.63, 3.8) is 0 Å². The van der Waals surface area contributed by atoms with Crippen molar-refractivity contribution in [1.82, 2.24) is 0 Å². The van der Waals surface area contributed by atoms with Crippen molar-refractivity contribution < 1.29 is 4.39 Å². The number of fused-ring (bicyclic) bond motifs is 1. The van der Waals surface area contributed by atoms with E-state index in [0.29, 0.717) is 5.41 Å². The normalized spacial score (nSPS) is 27.6. The minimum atomic E-state index is -0.126. The van der Waals surface area contributed by atoms with Gasteiger partial charge in [0.05, 0.1) is 0 Å². The summed E-state index contributed by atoms with van der Waals surface area (Å²) in [6, 6.07) is 7.40. The van der Waals surface area contributed by atoms with Crippen molar-refractivity contribution >= 4 is 21.4 Å². The minimum Gasteiger partial charge on any atom is -0.207 e. The Morgan fingerprint density at radius 3 is 2.82 bits per heavy atom. The van der Waals surface area contributed by atoms with Gasteiger partial charge in [0.15, 0.2) is 0 Å². The highest BCUT2D eigenvalue weighted by molar-refractivity contribution is 7.19. The molecule has 2 unspecified atom stereocenters.